The second-order valence-corrected chi connectivity index (χ2v) is 10.6. The largest absolute Gasteiger partial charge is 0.454 e. The van der Waals surface area contributed by atoms with Crippen LogP contribution in [0.2, 0.25) is 0 Å². The van der Waals surface area contributed by atoms with Gasteiger partial charge in [0.05, 0.1) is 17.8 Å². The van der Waals surface area contributed by atoms with Crippen LogP contribution in [-0.2, 0) is 4.79 Å². The number of aryl methyl sites for hydroxylation is 2. The number of aromatic nitrogens is 2. The van der Waals surface area contributed by atoms with Crippen LogP contribution in [0, 0.1) is 20.8 Å². The third-order valence-electron chi connectivity index (χ3n) is 7.52. The molecule has 0 radical (unpaired) electrons. The molecule has 6 rings (SSSR count). The molecule has 2 aromatic heterocycles. The Morgan fingerprint density at radius 1 is 1.05 bits per heavy atom. The van der Waals surface area contributed by atoms with E-state index in [1.165, 1.54) is 0 Å². The van der Waals surface area contributed by atoms with Crippen LogP contribution in [0.3, 0.4) is 0 Å². The number of carbonyl (C=O) groups excluding carboxylic acids is 1. The van der Waals surface area contributed by atoms with Gasteiger partial charge in [0.2, 0.25) is 12.7 Å². The second kappa shape index (κ2) is 10.7. The van der Waals surface area contributed by atoms with Crippen molar-refractivity contribution >= 4 is 28.9 Å². The molecule has 9 heteroatoms. The lowest BCUT2D eigenvalue weighted by Gasteiger charge is -2.28. The average molecular weight is 554 g/mol. The van der Waals surface area contributed by atoms with E-state index in [0.29, 0.717) is 18.1 Å². The van der Waals surface area contributed by atoms with Crippen LogP contribution in [0.4, 0.5) is 5.69 Å². The molecule has 1 amide bonds. The third kappa shape index (κ3) is 4.88. The molecule has 0 aliphatic carbocycles. The first kappa shape index (κ1) is 25.9. The van der Waals surface area contributed by atoms with Gasteiger partial charge in [-0.05, 0) is 81.0 Å². The maximum atomic E-state index is 12.9. The molecule has 2 aliphatic rings. The van der Waals surface area contributed by atoms with Crippen molar-refractivity contribution in [3.8, 4) is 17.2 Å². The fourth-order valence-electron chi connectivity index (χ4n) is 5.58. The molecular weight excluding hydrogens is 522 g/mol. The number of hydrogen-bond acceptors (Lipinski definition) is 5. The summed E-state index contributed by atoms with van der Waals surface area (Å²) < 4.78 is 13.4. The van der Waals surface area contributed by atoms with E-state index in [4.69, 9.17) is 21.7 Å². The van der Waals surface area contributed by atoms with Crippen molar-refractivity contribution in [1.82, 2.24) is 19.8 Å². The summed E-state index contributed by atoms with van der Waals surface area (Å²) in [5.41, 5.74) is 7.12. The fourth-order valence-corrected chi connectivity index (χ4v) is 5.91. The van der Waals surface area contributed by atoms with Gasteiger partial charge >= 0.3 is 0 Å². The van der Waals surface area contributed by atoms with Gasteiger partial charge in [0.25, 0.3) is 0 Å². The summed E-state index contributed by atoms with van der Waals surface area (Å²) in [7, 11) is 0. The zero-order valence-corrected chi connectivity index (χ0v) is 23.5. The smallest absolute Gasteiger partial charge is 0.231 e. The lowest BCUT2D eigenvalue weighted by molar-refractivity contribution is -0.116. The predicted octanol–water partition coefficient (Wildman–Crippen LogP) is 5.53. The molecule has 1 saturated heterocycles. The zero-order valence-electron chi connectivity index (χ0n) is 22.7. The lowest BCUT2D eigenvalue weighted by atomic mass is 9.96. The first-order valence-corrected chi connectivity index (χ1v) is 13.7. The first-order chi connectivity index (χ1) is 19.4. The van der Waals surface area contributed by atoms with Gasteiger partial charge in [-0.15, -0.1) is 0 Å². The number of pyridine rings is 1. The SMILES string of the molecule is Cc1ccc(NC(=O)CCN2C(=S)N[C@H](c3ccccn3)[C@@H]2c2cc(C)n(-c3ccc4c(c3)OCO4)c2C)cc1. The summed E-state index contributed by atoms with van der Waals surface area (Å²) in [5.74, 6) is 1.43. The van der Waals surface area contributed by atoms with Crippen LogP contribution in [0.25, 0.3) is 5.69 Å². The minimum absolute atomic E-state index is 0.0579. The van der Waals surface area contributed by atoms with Gasteiger partial charge in [-0.1, -0.05) is 23.8 Å². The van der Waals surface area contributed by atoms with E-state index in [0.717, 1.165) is 51.1 Å². The molecule has 2 N–H and O–H groups in total. The van der Waals surface area contributed by atoms with Crippen LogP contribution in [0.15, 0.2) is 72.9 Å². The van der Waals surface area contributed by atoms with Gasteiger partial charge in [0.1, 0.15) is 0 Å². The van der Waals surface area contributed by atoms with Gasteiger partial charge in [0.15, 0.2) is 16.6 Å². The number of benzene rings is 2. The minimum atomic E-state index is -0.167. The molecule has 2 aliphatic heterocycles. The number of ether oxygens (including phenoxy) is 2. The summed E-state index contributed by atoms with van der Waals surface area (Å²) in [6.07, 6.45) is 2.09. The molecule has 0 bridgehead atoms. The highest BCUT2D eigenvalue weighted by Gasteiger charge is 2.41. The van der Waals surface area contributed by atoms with Crippen molar-refractivity contribution in [2.45, 2.75) is 39.3 Å². The molecule has 204 valence electrons. The Hall–Kier alpha value is -4.37. The van der Waals surface area contributed by atoms with Crippen molar-refractivity contribution in [1.29, 1.82) is 0 Å². The maximum Gasteiger partial charge on any atom is 0.231 e. The Morgan fingerprint density at radius 2 is 1.85 bits per heavy atom. The van der Waals surface area contributed by atoms with E-state index in [2.05, 4.69) is 45.0 Å². The summed E-state index contributed by atoms with van der Waals surface area (Å²) in [5, 5.41) is 7.11. The van der Waals surface area contributed by atoms with Crippen molar-refractivity contribution in [3.05, 3.63) is 101 Å². The van der Waals surface area contributed by atoms with Crippen molar-refractivity contribution in [3.63, 3.8) is 0 Å². The monoisotopic (exact) mass is 553 g/mol. The van der Waals surface area contributed by atoms with Crippen molar-refractivity contribution in [2.24, 2.45) is 0 Å². The summed E-state index contributed by atoms with van der Waals surface area (Å²) in [4.78, 5) is 19.7. The normalized spacial score (nSPS) is 17.7. The van der Waals surface area contributed by atoms with E-state index in [9.17, 15) is 4.79 Å². The fraction of sp³-hybridized carbons (Fsp3) is 0.258. The lowest BCUT2D eigenvalue weighted by Crippen LogP contribution is -2.32. The highest BCUT2D eigenvalue weighted by Crippen LogP contribution is 2.42. The van der Waals surface area contributed by atoms with E-state index >= 15 is 0 Å². The summed E-state index contributed by atoms with van der Waals surface area (Å²) >= 11 is 5.84. The molecule has 2 aromatic carbocycles. The van der Waals surface area contributed by atoms with Crippen LogP contribution >= 0.6 is 12.2 Å². The van der Waals surface area contributed by atoms with Gasteiger partial charge in [-0.3, -0.25) is 9.78 Å². The number of thiocarbonyl (C=S) groups is 1. The number of hydrogen-bond donors (Lipinski definition) is 2. The second-order valence-electron chi connectivity index (χ2n) is 10.2. The number of nitrogens with one attached hydrogen (secondary N) is 2. The molecular formula is C31H31N5O3S. The number of amides is 1. The highest BCUT2D eigenvalue weighted by molar-refractivity contribution is 7.80. The molecule has 40 heavy (non-hydrogen) atoms. The number of rotatable bonds is 7. The highest BCUT2D eigenvalue weighted by atomic mass is 32.1. The molecule has 1 fully saturated rings. The predicted molar refractivity (Wildman–Crippen MR) is 158 cm³/mol. The number of anilines is 1. The third-order valence-corrected chi connectivity index (χ3v) is 7.87. The summed E-state index contributed by atoms with van der Waals surface area (Å²) in [6.45, 7) is 6.93. The summed E-state index contributed by atoms with van der Waals surface area (Å²) in [6, 6.07) is 21.6. The van der Waals surface area contributed by atoms with Crippen LogP contribution in [0.1, 0.15) is 46.7 Å². The van der Waals surface area contributed by atoms with Gasteiger partial charge in [-0.2, -0.15) is 0 Å². The molecule has 0 unspecified atom stereocenters. The van der Waals surface area contributed by atoms with Crippen molar-refractivity contribution < 1.29 is 14.3 Å². The number of fused-ring (bicyclic) bond motifs is 1. The molecule has 8 nitrogen and oxygen atoms in total. The first-order valence-electron chi connectivity index (χ1n) is 13.3. The zero-order chi connectivity index (χ0) is 27.8. The van der Waals surface area contributed by atoms with E-state index in [-0.39, 0.29) is 24.8 Å². The Labute approximate surface area is 238 Å². The Bertz CT molecular complexity index is 1570. The van der Waals surface area contributed by atoms with E-state index in [1.54, 1.807) is 6.20 Å². The Balaban J connectivity index is 1.32. The number of carbonyl (C=O) groups is 1. The van der Waals surface area contributed by atoms with Crippen LogP contribution < -0.4 is 20.1 Å². The van der Waals surface area contributed by atoms with Gasteiger partial charge < -0.3 is 29.6 Å². The molecule has 4 aromatic rings. The van der Waals surface area contributed by atoms with Crippen molar-refractivity contribution in [2.75, 3.05) is 18.7 Å². The Kier molecular flexibility index (Phi) is 6.89. The average Bonchev–Trinajstić information content (AvgIpc) is 3.63. The Morgan fingerprint density at radius 3 is 2.62 bits per heavy atom. The quantitative estimate of drug-likeness (QED) is 0.292. The topological polar surface area (TPSA) is 80.7 Å². The van der Waals surface area contributed by atoms with Crippen LogP contribution in [0.5, 0.6) is 11.5 Å². The molecule has 2 atom stereocenters. The maximum absolute atomic E-state index is 12.9. The molecule has 0 saturated carbocycles. The number of nitrogens with zero attached hydrogens (tertiary/aromatic N) is 3. The minimum Gasteiger partial charge on any atom is -0.454 e. The van der Waals surface area contributed by atoms with E-state index in [1.807, 2.05) is 67.6 Å². The molecule has 4 heterocycles. The van der Waals surface area contributed by atoms with Crippen LogP contribution in [-0.4, -0.2) is 38.8 Å². The van der Waals surface area contributed by atoms with Gasteiger partial charge in [-0.25, -0.2) is 0 Å². The van der Waals surface area contributed by atoms with Gasteiger partial charge in [0, 0.05) is 48.0 Å². The van der Waals surface area contributed by atoms with E-state index < -0.39 is 0 Å². The standard InChI is InChI=1S/C31H31N5O3S/c1-19-7-9-22(10-8-19)33-28(37)13-15-35-30(29(34-31(35)40)25-6-4-5-14-32-25)24-16-20(2)36(21(24)3)23-11-12-26-27(17-23)39-18-38-26/h4-12,14,16-17,29-30H,13,15,18H2,1-3H3,(H,33,37)(H,34,40)/t29-,30+/m1/s1. The molecule has 0 spiro atoms.